The van der Waals surface area contributed by atoms with Crippen LogP contribution in [0.25, 0.3) is 0 Å². The van der Waals surface area contributed by atoms with E-state index in [0.29, 0.717) is 12.3 Å². The third-order valence-corrected chi connectivity index (χ3v) is 2.48. The SMILES string of the molecule is CCCCN(C)C(=O)NCc1ccc(C(=O)O)o1. The summed E-state index contributed by atoms with van der Waals surface area (Å²) in [6.45, 7) is 2.94. The first-order chi connectivity index (χ1) is 8.54. The number of furan rings is 1. The van der Waals surface area contributed by atoms with E-state index in [0.717, 1.165) is 12.8 Å². The van der Waals surface area contributed by atoms with Crippen LogP contribution in [0.1, 0.15) is 36.1 Å². The molecule has 0 aliphatic heterocycles. The van der Waals surface area contributed by atoms with Gasteiger partial charge >= 0.3 is 12.0 Å². The summed E-state index contributed by atoms with van der Waals surface area (Å²) in [5.41, 5.74) is 0. The molecule has 2 amide bonds. The van der Waals surface area contributed by atoms with Gasteiger partial charge in [-0.3, -0.25) is 0 Å². The molecule has 1 heterocycles. The van der Waals surface area contributed by atoms with Crippen LogP contribution in [0.3, 0.4) is 0 Å². The first-order valence-corrected chi connectivity index (χ1v) is 5.85. The molecule has 1 aromatic rings. The molecule has 100 valence electrons. The van der Waals surface area contributed by atoms with Crippen molar-refractivity contribution < 1.29 is 19.1 Å². The van der Waals surface area contributed by atoms with Crippen molar-refractivity contribution in [3.63, 3.8) is 0 Å². The highest BCUT2D eigenvalue weighted by atomic mass is 16.4. The number of nitrogens with zero attached hydrogens (tertiary/aromatic N) is 1. The van der Waals surface area contributed by atoms with Crippen LogP contribution in [0.5, 0.6) is 0 Å². The summed E-state index contributed by atoms with van der Waals surface area (Å²) >= 11 is 0. The normalized spacial score (nSPS) is 10.1. The van der Waals surface area contributed by atoms with E-state index in [4.69, 9.17) is 9.52 Å². The first kappa shape index (κ1) is 14.1. The molecule has 0 fully saturated rings. The Kier molecular flexibility index (Phi) is 5.23. The van der Waals surface area contributed by atoms with E-state index in [1.54, 1.807) is 11.9 Å². The smallest absolute Gasteiger partial charge is 0.371 e. The van der Waals surface area contributed by atoms with Crippen molar-refractivity contribution in [2.24, 2.45) is 0 Å². The van der Waals surface area contributed by atoms with Crippen LogP contribution in [0.4, 0.5) is 4.79 Å². The van der Waals surface area contributed by atoms with Gasteiger partial charge in [-0.25, -0.2) is 9.59 Å². The predicted octanol–water partition coefficient (Wildman–Crippen LogP) is 1.92. The van der Waals surface area contributed by atoms with Gasteiger partial charge in [0, 0.05) is 13.6 Å². The summed E-state index contributed by atoms with van der Waals surface area (Å²) in [7, 11) is 1.72. The number of hydrogen-bond acceptors (Lipinski definition) is 3. The second-order valence-corrected chi connectivity index (χ2v) is 4.00. The molecule has 1 aromatic heterocycles. The minimum atomic E-state index is -1.12. The quantitative estimate of drug-likeness (QED) is 0.812. The largest absolute Gasteiger partial charge is 0.475 e. The van der Waals surface area contributed by atoms with Crippen molar-refractivity contribution in [2.45, 2.75) is 26.3 Å². The van der Waals surface area contributed by atoms with Crippen LogP contribution < -0.4 is 5.32 Å². The van der Waals surface area contributed by atoms with E-state index in [1.807, 2.05) is 0 Å². The third kappa shape index (κ3) is 4.12. The van der Waals surface area contributed by atoms with Crippen LogP contribution >= 0.6 is 0 Å². The van der Waals surface area contributed by atoms with Crippen molar-refractivity contribution in [3.05, 3.63) is 23.7 Å². The van der Waals surface area contributed by atoms with Gasteiger partial charge in [0.15, 0.2) is 0 Å². The second-order valence-electron chi connectivity index (χ2n) is 4.00. The topological polar surface area (TPSA) is 82.8 Å². The number of carboxylic acid groups (broad SMARTS) is 1. The Bertz CT molecular complexity index is 414. The molecule has 0 aromatic carbocycles. The summed E-state index contributed by atoms with van der Waals surface area (Å²) in [4.78, 5) is 23.8. The van der Waals surface area contributed by atoms with Crippen molar-refractivity contribution >= 4 is 12.0 Å². The monoisotopic (exact) mass is 254 g/mol. The number of carbonyl (C=O) groups excluding carboxylic acids is 1. The van der Waals surface area contributed by atoms with Gasteiger partial charge in [0.05, 0.1) is 6.54 Å². The standard InChI is InChI=1S/C12H18N2O4/c1-3-4-7-14(2)12(17)13-8-9-5-6-10(18-9)11(15)16/h5-6H,3-4,7-8H2,1-2H3,(H,13,17)(H,15,16). The highest BCUT2D eigenvalue weighted by Gasteiger charge is 2.11. The van der Waals surface area contributed by atoms with Gasteiger partial charge in [-0.05, 0) is 18.6 Å². The number of carbonyl (C=O) groups is 2. The van der Waals surface area contributed by atoms with Gasteiger partial charge < -0.3 is 19.7 Å². The number of hydrogen-bond donors (Lipinski definition) is 2. The lowest BCUT2D eigenvalue weighted by atomic mass is 10.3. The summed E-state index contributed by atoms with van der Waals surface area (Å²) in [5, 5.41) is 11.3. The highest BCUT2D eigenvalue weighted by Crippen LogP contribution is 2.07. The highest BCUT2D eigenvalue weighted by molar-refractivity contribution is 5.84. The van der Waals surface area contributed by atoms with Gasteiger partial charge in [-0.1, -0.05) is 13.3 Å². The summed E-state index contributed by atoms with van der Waals surface area (Å²) < 4.78 is 5.02. The zero-order valence-corrected chi connectivity index (χ0v) is 10.6. The molecule has 18 heavy (non-hydrogen) atoms. The molecule has 0 atom stereocenters. The van der Waals surface area contributed by atoms with Gasteiger partial charge in [0.25, 0.3) is 0 Å². The molecule has 0 bridgehead atoms. The van der Waals surface area contributed by atoms with E-state index in [1.165, 1.54) is 12.1 Å². The van der Waals surface area contributed by atoms with E-state index >= 15 is 0 Å². The lowest BCUT2D eigenvalue weighted by Crippen LogP contribution is -2.37. The Morgan fingerprint density at radius 3 is 2.72 bits per heavy atom. The maximum absolute atomic E-state index is 11.6. The minimum absolute atomic E-state index is 0.126. The molecule has 0 unspecified atom stereocenters. The third-order valence-electron chi connectivity index (χ3n) is 2.48. The maximum Gasteiger partial charge on any atom is 0.371 e. The molecule has 6 heteroatoms. The number of rotatable bonds is 6. The molecule has 0 saturated heterocycles. The van der Waals surface area contributed by atoms with E-state index in [-0.39, 0.29) is 18.3 Å². The number of amides is 2. The van der Waals surface area contributed by atoms with Crippen molar-refractivity contribution in [2.75, 3.05) is 13.6 Å². The second kappa shape index (κ2) is 6.68. The van der Waals surface area contributed by atoms with Crippen LogP contribution in [0, 0.1) is 0 Å². The van der Waals surface area contributed by atoms with E-state index in [2.05, 4.69) is 12.2 Å². The number of urea groups is 1. The Labute approximate surface area is 106 Å². The lowest BCUT2D eigenvalue weighted by Gasteiger charge is -2.16. The molecule has 0 radical (unpaired) electrons. The zero-order chi connectivity index (χ0) is 13.5. The number of aromatic carboxylic acids is 1. The summed E-state index contributed by atoms with van der Waals surface area (Å²) in [6.07, 6.45) is 1.98. The molecule has 0 saturated carbocycles. The lowest BCUT2D eigenvalue weighted by molar-refractivity contribution is 0.0660. The fourth-order valence-electron chi connectivity index (χ4n) is 1.38. The average molecular weight is 254 g/mol. The average Bonchev–Trinajstić information content (AvgIpc) is 2.81. The first-order valence-electron chi connectivity index (χ1n) is 5.85. The van der Waals surface area contributed by atoms with Gasteiger partial charge in [-0.15, -0.1) is 0 Å². The molecule has 0 aliphatic carbocycles. The van der Waals surface area contributed by atoms with Gasteiger partial charge in [-0.2, -0.15) is 0 Å². The summed E-state index contributed by atoms with van der Waals surface area (Å²) in [6, 6.07) is 2.71. The van der Waals surface area contributed by atoms with Crippen LogP contribution in [0.15, 0.2) is 16.5 Å². The number of carboxylic acids is 1. The molecule has 6 nitrogen and oxygen atoms in total. The fourth-order valence-corrected chi connectivity index (χ4v) is 1.38. The van der Waals surface area contributed by atoms with Crippen molar-refractivity contribution in [3.8, 4) is 0 Å². The van der Waals surface area contributed by atoms with Crippen molar-refractivity contribution in [1.82, 2.24) is 10.2 Å². The Balaban J connectivity index is 2.39. The molecular formula is C12H18N2O4. The molecule has 0 aliphatic rings. The Hall–Kier alpha value is -1.98. The van der Waals surface area contributed by atoms with Gasteiger partial charge in [0.1, 0.15) is 5.76 Å². The number of nitrogens with one attached hydrogen (secondary N) is 1. The Morgan fingerprint density at radius 1 is 1.44 bits per heavy atom. The van der Waals surface area contributed by atoms with Crippen LogP contribution in [0.2, 0.25) is 0 Å². The van der Waals surface area contributed by atoms with Crippen LogP contribution in [-0.4, -0.2) is 35.6 Å². The fraction of sp³-hybridized carbons (Fsp3) is 0.500. The predicted molar refractivity (Wildman–Crippen MR) is 65.4 cm³/mol. The van der Waals surface area contributed by atoms with E-state index in [9.17, 15) is 9.59 Å². The molecule has 0 spiro atoms. The van der Waals surface area contributed by atoms with E-state index < -0.39 is 5.97 Å². The molecule has 2 N–H and O–H groups in total. The minimum Gasteiger partial charge on any atom is -0.475 e. The Morgan fingerprint density at radius 2 is 2.17 bits per heavy atom. The number of unbranched alkanes of at least 4 members (excludes halogenated alkanes) is 1. The maximum atomic E-state index is 11.6. The van der Waals surface area contributed by atoms with Crippen molar-refractivity contribution in [1.29, 1.82) is 0 Å². The molecular weight excluding hydrogens is 236 g/mol. The molecule has 1 rings (SSSR count). The van der Waals surface area contributed by atoms with Crippen LogP contribution in [-0.2, 0) is 6.54 Å². The zero-order valence-electron chi connectivity index (χ0n) is 10.6. The summed E-state index contributed by atoms with van der Waals surface area (Å²) in [5.74, 6) is -0.823. The van der Waals surface area contributed by atoms with Gasteiger partial charge in [0.2, 0.25) is 5.76 Å².